The molecule has 10 heavy (non-hydrogen) atoms. The van der Waals surface area contributed by atoms with Crippen molar-refractivity contribution in [2.24, 2.45) is 0 Å². The molecule has 2 nitrogen and oxygen atoms in total. The maximum absolute atomic E-state index is 8.76. The lowest BCUT2D eigenvalue weighted by Crippen LogP contribution is -1.85. The molecule has 2 heteroatoms. The first-order valence-electron chi connectivity index (χ1n) is 4.40. The van der Waals surface area contributed by atoms with Gasteiger partial charge in [-0.05, 0) is 17.7 Å². The number of ether oxygens (including phenoxy) is 1. The molecule has 0 heterocycles. The van der Waals surface area contributed by atoms with E-state index in [2.05, 4.69) is 4.74 Å². The predicted molar refractivity (Wildman–Crippen MR) is 38.9 cm³/mol. The lowest BCUT2D eigenvalue weighted by molar-refractivity contribution is 0.281. The zero-order valence-corrected chi connectivity index (χ0v) is 5.37. The molecule has 0 saturated heterocycles. The third-order valence-corrected chi connectivity index (χ3v) is 1.20. The van der Waals surface area contributed by atoms with Gasteiger partial charge in [-0.1, -0.05) is 12.1 Å². The van der Waals surface area contributed by atoms with Crippen LogP contribution in [-0.4, -0.2) is 12.1 Å². The molecule has 0 saturated carbocycles. The van der Waals surface area contributed by atoms with E-state index in [1.807, 2.05) is 0 Å². The normalized spacial score (nSPS) is 15.1. The van der Waals surface area contributed by atoms with Crippen molar-refractivity contribution in [2.45, 2.75) is 6.61 Å². The lowest BCUT2D eigenvalue weighted by atomic mass is 10.2. The Balaban J connectivity index is 2.78. The number of hydrogen-bond donors (Lipinski definition) is 1. The molecule has 1 aromatic carbocycles. The maximum atomic E-state index is 8.76. The Kier molecular flexibility index (Phi) is 1.28. The minimum atomic E-state index is -2.44. The van der Waals surface area contributed by atoms with E-state index < -0.39 is 7.04 Å². The second-order valence-electron chi connectivity index (χ2n) is 1.91. The van der Waals surface area contributed by atoms with Crippen molar-refractivity contribution in [1.82, 2.24) is 0 Å². The summed E-state index contributed by atoms with van der Waals surface area (Å²) in [5.74, 6) is 0.242. The number of hydrogen-bond acceptors (Lipinski definition) is 2. The fraction of sp³-hybridized carbons (Fsp3) is 0.250. The number of methoxy groups -OCH3 is 1. The molecule has 0 bridgehead atoms. The average molecular weight is 141 g/mol. The fourth-order valence-corrected chi connectivity index (χ4v) is 0.707. The van der Waals surface area contributed by atoms with Crippen LogP contribution in [0, 0.1) is 0 Å². The molecule has 0 unspecified atom stereocenters. The number of rotatable bonds is 2. The Morgan fingerprint density at radius 2 is 2.60 bits per heavy atom. The second kappa shape index (κ2) is 3.22. The first-order valence-corrected chi connectivity index (χ1v) is 2.90. The highest BCUT2D eigenvalue weighted by molar-refractivity contribution is 5.27. The van der Waals surface area contributed by atoms with Gasteiger partial charge in [0.05, 0.1) is 17.8 Å². The van der Waals surface area contributed by atoms with E-state index in [4.69, 9.17) is 9.22 Å². The molecular weight excluding hydrogens is 128 g/mol. The van der Waals surface area contributed by atoms with Gasteiger partial charge in [-0.3, -0.25) is 0 Å². The molecule has 0 atom stereocenters. The van der Waals surface area contributed by atoms with Crippen LogP contribution >= 0.6 is 0 Å². The molecule has 0 aliphatic heterocycles. The van der Waals surface area contributed by atoms with E-state index in [0.717, 1.165) is 0 Å². The summed E-state index contributed by atoms with van der Waals surface area (Å²) in [6.07, 6.45) is 0. The minimum absolute atomic E-state index is 0.127. The van der Waals surface area contributed by atoms with E-state index >= 15 is 0 Å². The molecule has 1 N–H and O–H groups in total. The van der Waals surface area contributed by atoms with Crippen LogP contribution in [0.5, 0.6) is 5.75 Å². The van der Waals surface area contributed by atoms with Crippen LogP contribution in [0.15, 0.2) is 24.3 Å². The summed E-state index contributed by atoms with van der Waals surface area (Å²) in [7, 11) is -2.44. The number of aliphatic hydroxyl groups is 1. The molecule has 0 amide bonds. The average Bonchev–Trinajstić information content (AvgIpc) is 2.01. The molecule has 0 spiro atoms. The SMILES string of the molecule is [2H]C([2H])([2H])Oc1cccc(CO)c1. The predicted octanol–water partition coefficient (Wildman–Crippen LogP) is 1.19. The number of benzene rings is 1. The van der Waals surface area contributed by atoms with E-state index in [0.29, 0.717) is 5.56 Å². The topological polar surface area (TPSA) is 29.5 Å². The van der Waals surface area contributed by atoms with Gasteiger partial charge in [-0.2, -0.15) is 0 Å². The molecular formula is C8H10O2. The molecule has 0 aliphatic carbocycles. The highest BCUT2D eigenvalue weighted by atomic mass is 16.5. The minimum Gasteiger partial charge on any atom is -0.497 e. The monoisotopic (exact) mass is 141 g/mol. The van der Waals surface area contributed by atoms with E-state index in [1.54, 1.807) is 12.1 Å². The molecule has 1 rings (SSSR count). The van der Waals surface area contributed by atoms with Gasteiger partial charge in [0.25, 0.3) is 0 Å². The van der Waals surface area contributed by atoms with Gasteiger partial charge in [-0.25, -0.2) is 0 Å². The van der Waals surface area contributed by atoms with Gasteiger partial charge >= 0.3 is 0 Å². The highest BCUT2D eigenvalue weighted by Gasteiger charge is 1.91. The van der Waals surface area contributed by atoms with Crippen LogP contribution in [-0.2, 0) is 6.61 Å². The van der Waals surface area contributed by atoms with Crippen molar-refractivity contribution >= 4 is 0 Å². The first kappa shape index (κ1) is 3.98. The van der Waals surface area contributed by atoms with Crippen LogP contribution in [0.2, 0.25) is 0 Å². The fourth-order valence-electron chi connectivity index (χ4n) is 0.707. The van der Waals surface area contributed by atoms with Gasteiger partial charge in [0, 0.05) is 0 Å². The van der Waals surface area contributed by atoms with Crippen molar-refractivity contribution in [3.63, 3.8) is 0 Å². The van der Waals surface area contributed by atoms with Crippen molar-refractivity contribution in [3.8, 4) is 5.75 Å². The van der Waals surface area contributed by atoms with E-state index in [1.165, 1.54) is 12.1 Å². The van der Waals surface area contributed by atoms with Crippen LogP contribution in [0.3, 0.4) is 0 Å². The zero-order valence-electron chi connectivity index (χ0n) is 8.37. The molecule has 1 aromatic rings. The van der Waals surface area contributed by atoms with Crippen LogP contribution < -0.4 is 4.74 Å². The Labute approximate surface area is 64.3 Å². The molecule has 0 fully saturated rings. The summed E-state index contributed by atoms with van der Waals surface area (Å²) in [6, 6.07) is 6.34. The van der Waals surface area contributed by atoms with Gasteiger partial charge in [0.1, 0.15) is 5.75 Å². The van der Waals surface area contributed by atoms with Gasteiger partial charge < -0.3 is 9.84 Å². The van der Waals surface area contributed by atoms with Crippen LogP contribution in [0.1, 0.15) is 9.68 Å². The Hall–Kier alpha value is -1.02. The largest absolute Gasteiger partial charge is 0.497 e. The third-order valence-electron chi connectivity index (χ3n) is 1.20. The summed E-state index contributed by atoms with van der Waals surface area (Å²) >= 11 is 0. The van der Waals surface area contributed by atoms with Crippen molar-refractivity contribution in [2.75, 3.05) is 7.04 Å². The summed E-state index contributed by atoms with van der Waals surface area (Å²) in [5.41, 5.74) is 0.627. The molecule has 54 valence electrons. The number of aliphatic hydroxyl groups excluding tert-OH is 1. The molecule has 0 radical (unpaired) electrons. The Morgan fingerprint density at radius 3 is 3.30 bits per heavy atom. The van der Waals surface area contributed by atoms with Gasteiger partial charge in [0.2, 0.25) is 0 Å². The van der Waals surface area contributed by atoms with Crippen molar-refractivity contribution < 1.29 is 14.0 Å². The first-order chi connectivity index (χ1) is 6.01. The Morgan fingerprint density at radius 1 is 1.70 bits per heavy atom. The summed E-state index contributed by atoms with van der Waals surface area (Å²) < 4.78 is 25.2. The van der Waals surface area contributed by atoms with E-state index in [9.17, 15) is 0 Å². The van der Waals surface area contributed by atoms with Gasteiger partial charge in [0.15, 0.2) is 0 Å². The molecule has 0 aliphatic rings. The summed E-state index contributed by atoms with van der Waals surface area (Å²) in [4.78, 5) is 0. The van der Waals surface area contributed by atoms with E-state index in [-0.39, 0.29) is 12.4 Å². The van der Waals surface area contributed by atoms with Crippen molar-refractivity contribution in [3.05, 3.63) is 29.8 Å². The summed E-state index contributed by atoms with van der Waals surface area (Å²) in [5, 5.41) is 8.76. The quantitative estimate of drug-likeness (QED) is 0.670. The lowest BCUT2D eigenvalue weighted by Gasteiger charge is -1.99. The van der Waals surface area contributed by atoms with Gasteiger partial charge in [-0.15, -0.1) is 0 Å². The van der Waals surface area contributed by atoms with Crippen LogP contribution in [0.4, 0.5) is 0 Å². The smallest absolute Gasteiger partial charge is 0.119 e. The standard InChI is InChI=1S/C8H10O2/c1-10-8-4-2-3-7(5-8)6-9/h2-5,9H,6H2,1H3/i1D3. The maximum Gasteiger partial charge on any atom is 0.119 e. The Bertz CT molecular complexity index is 283. The molecule has 0 aromatic heterocycles. The van der Waals surface area contributed by atoms with Crippen LogP contribution in [0.25, 0.3) is 0 Å². The second-order valence-corrected chi connectivity index (χ2v) is 1.91. The summed E-state index contributed by atoms with van der Waals surface area (Å²) in [6.45, 7) is -0.127. The highest BCUT2D eigenvalue weighted by Crippen LogP contribution is 2.11. The third kappa shape index (κ3) is 1.48. The zero-order chi connectivity index (χ0) is 9.90. The van der Waals surface area contributed by atoms with Crippen molar-refractivity contribution in [1.29, 1.82) is 0 Å².